The van der Waals surface area contributed by atoms with Gasteiger partial charge in [0.2, 0.25) is 5.91 Å². The van der Waals surface area contributed by atoms with Crippen LogP contribution in [0.2, 0.25) is 0 Å². The van der Waals surface area contributed by atoms with Crippen LogP contribution in [0.4, 0.5) is 0 Å². The monoisotopic (exact) mass is 461 g/mol. The molecule has 3 atom stereocenters. The van der Waals surface area contributed by atoms with E-state index in [0.717, 1.165) is 5.56 Å². The second-order valence-electron chi connectivity index (χ2n) is 7.27. The third-order valence-corrected chi connectivity index (χ3v) is 6.17. The Kier molecular flexibility index (Phi) is 7.54. The first-order chi connectivity index (χ1) is 15.2. The van der Waals surface area contributed by atoms with E-state index >= 15 is 0 Å². The number of amides is 1. The van der Waals surface area contributed by atoms with E-state index in [9.17, 15) is 29.4 Å². The molecule has 10 nitrogen and oxygen atoms in total. The van der Waals surface area contributed by atoms with Gasteiger partial charge in [-0.1, -0.05) is 42.5 Å². The summed E-state index contributed by atoms with van der Waals surface area (Å²) < 4.78 is 0. The number of nitrogens with zero attached hydrogens (tertiary/aromatic N) is 1. The van der Waals surface area contributed by atoms with Gasteiger partial charge in [-0.15, -0.1) is 16.8 Å². The van der Waals surface area contributed by atoms with Crippen LogP contribution in [0.1, 0.15) is 12.0 Å². The molecule has 3 unspecified atom stereocenters. The van der Waals surface area contributed by atoms with Crippen molar-refractivity contribution in [2.75, 3.05) is 12.8 Å². The standard InChI is InChI=1S/C21H23N3O7S/c1-24-14(10-16(26)31-24)8-7-13-11-32-19(23-17(13)20(27)28)18(21(29)30)22-15(25)9-12-5-3-2-4-6-12/h2-8,14,18-19,23H,9-11H2,1H3,(H,22,25)(H,27,28)(H,29,30)/b8-7+. The van der Waals surface area contributed by atoms with Crippen LogP contribution in [-0.4, -0.2) is 69.3 Å². The van der Waals surface area contributed by atoms with Crippen molar-refractivity contribution in [1.29, 1.82) is 0 Å². The molecule has 3 rings (SSSR count). The van der Waals surface area contributed by atoms with Crippen LogP contribution in [0.15, 0.2) is 53.8 Å². The average Bonchev–Trinajstić information content (AvgIpc) is 3.07. The van der Waals surface area contributed by atoms with Crippen LogP contribution in [0.25, 0.3) is 0 Å². The zero-order chi connectivity index (χ0) is 23.3. The number of likely N-dealkylation sites (N-methyl/N-ethyl adjacent to an activating group) is 1. The van der Waals surface area contributed by atoms with Crippen molar-refractivity contribution in [2.24, 2.45) is 0 Å². The van der Waals surface area contributed by atoms with Crippen LogP contribution < -0.4 is 10.6 Å². The van der Waals surface area contributed by atoms with Crippen LogP contribution >= 0.6 is 11.8 Å². The van der Waals surface area contributed by atoms with Gasteiger partial charge in [-0.25, -0.2) is 9.59 Å². The van der Waals surface area contributed by atoms with Gasteiger partial charge in [0.05, 0.1) is 18.9 Å². The molecule has 1 amide bonds. The summed E-state index contributed by atoms with van der Waals surface area (Å²) in [6.45, 7) is 0. The topological polar surface area (TPSA) is 145 Å². The molecule has 0 spiro atoms. The summed E-state index contributed by atoms with van der Waals surface area (Å²) in [5.74, 6) is -3.17. The zero-order valence-corrected chi connectivity index (χ0v) is 18.0. The zero-order valence-electron chi connectivity index (χ0n) is 17.2. The van der Waals surface area contributed by atoms with E-state index in [0.29, 0.717) is 5.57 Å². The largest absolute Gasteiger partial charge is 0.480 e. The van der Waals surface area contributed by atoms with E-state index in [2.05, 4.69) is 10.6 Å². The number of allylic oxidation sites excluding steroid dienone is 1. The number of carbonyl (C=O) groups excluding carboxylic acids is 2. The van der Waals surface area contributed by atoms with Crippen LogP contribution in [-0.2, 0) is 30.4 Å². The van der Waals surface area contributed by atoms with Crippen molar-refractivity contribution in [3.8, 4) is 0 Å². The highest BCUT2D eigenvalue weighted by molar-refractivity contribution is 8.00. The molecular weight excluding hydrogens is 438 g/mol. The number of rotatable bonds is 8. The van der Waals surface area contributed by atoms with E-state index in [1.807, 2.05) is 6.07 Å². The normalized spacial score (nSPS) is 22.3. The lowest BCUT2D eigenvalue weighted by molar-refractivity contribution is -0.167. The number of hydroxylamine groups is 2. The fourth-order valence-electron chi connectivity index (χ4n) is 3.29. The second kappa shape index (κ2) is 10.3. The minimum atomic E-state index is -1.33. The van der Waals surface area contributed by atoms with Crippen LogP contribution in [0.3, 0.4) is 0 Å². The summed E-state index contributed by atoms with van der Waals surface area (Å²) in [5.41, 5.74) is 1.02. The molecule has 11 heteroatoms. The molecule has 1 fully saturated rings. The quantitative estimate of drug-likeness (QED) is 0.432. The van der Waals surface area contributed by atoms with Gasteiger partial charge in [-0.05, 0) is 11.1 Å². The van der Waals surface area contributed by atoms with Crippen molar-refractivity contribution < 1.29 is 34.2 Å². The molecule has 0 bridgehead atoms. The molecule has 0 aliphatic carbocycles. The summed E-state index contributed by atoms with van der Waals surface area (Å²) in [6.07, 6.45) is 3.42. The maximum atomic E-state index is 12.4. The summed E-state index contributed by atoms with van der Waals surface area (Å²) in [6, 6.07) is 7.23. The molecule has 4 N–H and O–H groups in total. The van der Waals surface area contributed by atoms with Crippen molar-refractivity contribution >= 4 is 35.6 Å². The van der Waals surface area contributed by atoms with E-state index in [-0.39, 0.29) is 36.3 Å². The van der Waals surface area contributed by atoms with Crippen molar-refractivity contribution in [3.05, 3.63) is 59.3 Å². The van der Waals surface area contributed by atoms with Gasteiger partial charge in [-0.3, -0.25) is 9.59 Å². The number of nitrogens with one attached hydrogen (secondary N) is 2. The lowest BCUT2D eigenvalue weighted by atomic mass is 10.1. The highest BCUT2D eigenvalue weighted by atomic mass is 32.2. The number of carboxylic acids is 2. The van der Waals surface area contributed by atoms with Gasteiger partial charge in [0, 0.05) is 12.8 Å². The predicted molar refractivity (Wildman–Crippen MR) is 115 cm³/mol. The summed E-state index contributed by atoms with van der Waals surface area (Å²) in [5, 5.41) is 25.0. The first kappa shape index (κ1) is 23.4. The van der Waals surface area contributed by atoms with Gasteiger partial charge in [0.25, 0.3) is 0 Å². The Morgan fingerprint density at radius 3 is 2.62 bits per heavy atom. The molecule has 1 saturated heterocycles. The number of benzene rings is 1. The third kappa shape index (κ3) is 5.89. The van der Waals surface area contributed by atoms with Gasteiger partial charge < -0.3 is 25.7 Å². The van der Waals surface area contributed by atoms with Crippen molar-refractivity contribution in [3.63, 3.8) is 0 Å². The molecule has 0 saturated carbocycles. The Balaban J connectivity index is 1.71. The summed E-state index contributed by atoms with van der Waals surface area (Å²) in [4.78, 5) is 52.3. The van der Waals surface area contributed by atoms with Crippen molar-refractivity contribution in [1.82, 2.24) is 15.7 Å². The Hall–Kier alpha value is -3.31. The fourth-order valence-corrected chi connectivity index (χ4v) is 4.47. The minimum Gasteiger partial charge on any atom is -0.480 e. The first-order valence-corrected chi connectivity index (χ1v) is 10.8. The highest BCUT2D eigenvalue weighted by Gasteiger charge is 2.35. The molecule has 2 heterocycles. The van der Waals surface area contributed by atoms with Crippen molar-refractivity contribution in [2.45, 2.75) is 30.3 Å². The lowest BCUT2D eigenvalue weighted by Crippen LogP contribution is -2.54. The number of hydrogen-bond donors (Lipinski definition) is 4. The lowest BCUT2D eigenvalue weighted by Gasteiger charge is -2.31. The molecular formula is C21H23N3O7S. The first-order valence-electron chi connectivity index (χ1n) is 9.77. The number of carbonyl (C=O) groups is 4. The maximum Gasteiger partial charge on any atom is 0.352 e. The fraction of sp³-hybridized carbons (Fsp3) is 0.333. The van der Waals surface area contributed by atoms with E-state index in [1.54, 1.807) is 43.5 Å². The average molecular weight is 461 g/mol. The molecule has 0 radical (unpaired) electrons. The Labute approximate surface area is 188 Å². The highest BCUT2D eigenvalue weighted by Crippen LogP contribution is 2.27. The Morgan fingerprint density at radius 2 is 2.03 bits per heavy atom. The van der Waals surface area contributed by atoms with Crippen LogP contribution in [0.5, 0.6) is 0 Å². The predicted octanol–water partition coefficient (Wildman–Crippen LogP) is 0.518. The Bertz CT molecular complexity index is 963. The minimum absolute atomic E-state index is 0.00726. The molecule has 32 heavy (non-hydrogen) atoms. The molecule has 1 aromatic carbocycles. The number of carboxylic acid groups (broad SMARTS) is 2. The van der Waals surface area contributed by atoms with E-state index in [1.165, 1.54) is 16.8 Å². The second-order valence-corrected chi connectivity index (χ2v) is 8.40. The molecule has 2 aliphatic heterocycles. The maximum absolute atomic E-state index is 12.4. The third-order valence-electron chi connectivity index (χ3n) is 4.94. The van der Waals surface area contributed by atoms with Gasteiger partial charge in [-0.2, -0.15) is 0 Å². The molecule has 1 aromatic rings. The van der Waals surface area contributed by atoms with E-state index < -0.39 is 29.3 Å². The number of hydrogen-bond acceptors (Lipinski definition) is 8. The summed E-state index contributed by atoms with van der Waals surface area (Å²) in [7, 11) is 1.60. The van der Waals surface area contributed by atoms with Gasteiger partial charge in [0.15, 0.2) is 6.04 Å². The molecule has 0 aromatic heterocycles. The molecule has 2 aliphatic rings. The van der Waals surface area contributed by atoms with E-state index in [4.69, 9.17) is 4.84 Å². The number of aliphatic carboxylic acids is 2. The van der Waals surface area contributed by atoms with Gasteiger partial charge in [0.1, 0.15) is 11.1 Å². The SMILES string of the molecule is CN1OC(=O)CC1/C=C/C1=C(C(=O)O)NC(C(NC(=O)Cc2ccccc2)C(=O)O)SC1. The molecule has 170 valence electrons. The van der Waals surface area contributed by atoms with Crippen LogP contribution in [0, 0.1) is 0 Å². The summed E-state index contributed by atoms with van der Waals surface area (Å²) >= 11 is 1.17. The van der Waals surface area contributed by atoms with Gasteiger partial charge >= 0.3 is 17.9 Å². The number of thioether (sulfide) groups is 1. The smallest absolute Gasteiger partial charge is 0.352 e. The Morgan fingerprint density at radius 1 is 1.31 bits per heavy atom.